The van der Waals surface area contributed by atoms with E-state index in [1.165, 1.54) is 16.7 Å². The highest BCUT2D eigenvalue weighted by Crippen LogP contribution is 2.32. The van der Waals surface area contributed by atoms with Crippen LogP contribution in [-0.2, 0) is 6.54 Å². The summed E-state index contributed by atoms with van der Waals surface area (Å²) in [4.78, 5) is 2.55. The fourth-order valence-electron chi connectivity index (χ4n) is 3.48. The molecule has 1 fully saturated rings. The molecule has 110 valence electrons. The van der Waals surface area contributed by atoms with E-state index in [2.05, 4.69) is 66.4 Å². The molecule has 1 saturated heterocycles. The van der Waals surface area contributed by atoms with Crippen molar-refractivity contribution in [3.63, 3.8) is 0 Å². The molecule has 0 spiro atoms. The van der Waals surface area contributed by atoms with E-state index in [-0.39, 0.29) is 0 Å². The van der Waals surface area contributed by atoms with E-state index in [9.17, 15) is 0 Å². The second kappa shape index (κ2) is 6.42. The maximum absolute atomic E-state index is 6.01. The van der Waals surface area contributed by atoms with Crippen LogP contribution in [0.5, 0.6) is 0 Å². The van der Waals surface area contributed by atoms with Gasteiger partial charge in [-0.05, 0) is 30.5 Å². The highest BCUT2D eigenvalue weighted by Gasteiger charge is 2.32. The van der Waals surface area contributed by atoms with E-state index in [0.717, 1.165) is 26.2 Å². The van der Waals surface area contributed by atoms with Gasteiger partial charge in [0.2, 0.25) is 0 Å². The molecule has 2 N–H and O–H groups in total. The van der Waals surface area contributed by atoms with Gasteiger partial charge in [0.05, 0.1) is 0 Å². The molecule has 1 aliphatic heterocycles. The molecule has 0 radical (unpaired) electrons. The molecule has 0 saturated carbocycles. The maximum Gasteiger partial charge on any atom is 0.0234 e. The molecule has 0 bridgehead atoms. The summed E-state index contributed by atoms with van der Waals surface area (Å²) in [5.41, 5.74) is 10.2. The van der Waals surface area contributed by atoms with Crippen molar-refractivity contribution >= 4 is 0 Å². The molecule has 0 aliphatic carbocycles. The fourth-order valence-corrected chi connectivity index (χ4v) is 3.48. The topological polar surface area (TPSA) is 29.3 Å². The van der Waals surface area contributed by atoms with Crippen molar-refractivity contribution in [2.24, 2.45) is 11.7 Å². The molecule has 0 aromatic heterocycles. The number of hydrogen-bond donors (Lipinski definition) is 1. The van der Waals surface area contributed by atoms with Crippen LogP contribution in [0.25, 0.3) is 0 Å². The highest BCUT2D eigenvalue weighted by atomic mass is 15.2. The summed E-state index contributed by atoms with van der Waals surface area (Å²) in [6, 6.07) is 19.6. The number of benzene rings is 2. The smallest absolute Gasteiger partial charge is 0.0234 e. The zero-order valence-corrected chi connectivity index (χ0v) is 12.7. The van der Waals surface area contributed by atoms with Gasteiger partial charge >= 0.3 is 0 Å². The molecule has 1 heterocycles. The van der Waals surface area contributed by atoms with Gasteiger partial charge in [0.1, 0.15) is 0 Å². The minimum absolute atomic E-state index is 0.567. The predicted molar refractivity (Wildman–Crippen MR) is 88.2 cm³/mol. The Morgan fingerprint density at radius 1 is 1.05 bits per heavy atom. The third-order valence-electron chi connectivity index (χ3n) is 4.54. The van der Waals surface area contributed by atoms with Gasteiger partial charge in [0.25, 0.3) is 0 Å². The maximum atomic E-state index is 6.01. The van der Waals surface area contributed by atoms with E-state index in [1.807, 2.05) is 0 Å². The molecule has 21 heavy (non-hydrogen) atoms. The Morgan fingerprint density at radius 3 is 2.57 bits per heavy atom. The Balaban J connectivity index is 1.72. The summed E-state index contributed by atoms with van der Waals surface area (Å²) >= 11 is 0. The quantitative estimate of drug-likeness (QED) is 0.932. The van der Waals surface area contributed by atoms with Gasteiger partial charge in [-0.25, -0.2) is 0 Å². The summed E-state index contributed by atoms with van der Waals surface area (Å²) in [5, 5.41) is 0. The van der Waals surface area contributed by atoms with Gasteiger partial charge in [-0.2, -0.15) is 0 Å². The number of hydrogen-bond acceptors (Lipinski definition) is 2. The summed E-state index contributed by atoms with van der Waals surface area (Å²) in [6.07, 6.45) is 0. The molecule has 2 aromatic rings. The number of rotatable bonds is 4. The molecule has 1 aliphatic rings. The van der Waals surface area contributed by atoms with Crippen LogP contribution in [0.4, 0.5) is 0 Å². The average molecular weight is 280 g/mol. The second-order valence-corrected chi connectivity index (χ2v) is 6.20. The van der Waals surface area contributed by atoms with Gasteiger partial charge in [-0.3, -0.25) is 4.90 Å². The van der Waals surface area contributed by atoms with Crippen LogP contribution in [0.3, 0.4) is 0 Å². The van der Waals surface area contributed by atoms with Crippen LogP contribution in [0.15, 0.2) is 54.6 Å². The number of aryl methyl sites for hydroxylation is 1. The largest absolute Gasteiger partial charge is 0.330 e. The minimum Gasteiger partial charge on any atom is -0.330 e. The standard InChI is InChI=1S/C19H24N2/c1-15-6-5-7-16(10-15)12-21-13-18(11-20)19(14-21)17-8-3-2-4-9-17/h2-10,18-19H,11-14,20H2,1H3/t18-,19+/m1/s1. The molecule has 3 rings (SSSR count). The lowest BCUT2D eigenvalue weighted by Gasteiger charge is -2.17. The number of nitrogens with two attached hydrogens (primary N) is 1. The van der Waals surface area contributed by atoms with Crippen LogP contribution in [0, 0.1) is 12.8 Å². The Hall–Kier alpha value is -1.64. The summed E-state index contributed by atoms with van der Waals surface area (Å²) in [6.45, 7) is 6.16. The lowest BCUT2D eigenvalue weighted by molar-refractivity contribution is 0.317. The van der Waals surface area contributed by atoms with Crippen molar-refractivity contribution < 1.29 is 0 Å². The first kappa shape index (κ1) is 14.3. The molecule has 2 atom stereocenters. The Bertz CT molecular complexity index is 579. The number of likely N-dealkylation sites (tertiary alicyclic amines) is 1. The Morgan fingerprint density at radius 2 is 1.86 bits per heavy atom. The van der Waals surface area contributed by atoms with Crippen LogP contribution in [0.2, 0.25) is 0 Å². The third-order valence-corrected chi connectivity index (χ3v) is 4.54. The Labute approximate surface area is 127 Å². The molecule has 2 heteroatoms. The first-order valence-electron chi connectivity index (χ1n) is 7.79. The van der Waals surface area contributed by atoms with E-state index < -0.39 is 0 Å². The van der Waals surface area contributed by atoms with Crippen molar-refractivity contribution in [3.8, 4) is 0 Å². The van der Waals surface area contributed by atoms with Crippen LogP contribution in [0.1, 0.15) is 22.6 Å². The van der Waals surface area contributed by atoms with Gasteiger partial charge in [-0.15, -0.1) is 0 Å². The predicted octanol–water partition coefficient (Wildman–Crippen LogP) is 3.17. The SMILES string of the molecule is Cc1cccc(CN2C[C@@H](CN)[C@H](c3ccccc3)C2)c1. The van der Waals surface area contributed by atoms with E-state index in [0.29, 0.717) is 11.8 Å². The van der Waals surface area contributed by atoms with Crippen LogP contribution < -0.4 is 5.73 Å². The first-order chi connectivity index (χ1) is 10.3. The van der Waals surface area contributed by atoms with Crippen molar-refractivity contribution in [2.45, 2.75) is 19.4 Å². The number of nitrogens with zero attached hydrogens (tertiary/aromatic N) is 1. The molecule has 2 nitrogen and oxygen atoms in total. The fraction of sp³-hybridized carbons (Fsp3) is 0.368. The monoisotopic (exact) mass is 280 g/mol. The molecule has 2 aromatic carbocycles. The van der Waals surface area contributed by atoms with E-state index >= 15 is 0 Å². The average Bonchev–Trinajstić information content (AvgIpc) is 2.91. The van der Waals surface area contributed by atoms with E-state index in [1.54, 1.807) is 0 Å². The zero-order chi connectivity index (χ0) is 14.7. The lowest BCUT2D eigenvalue weighted by atomic mass is 9.89. The lowest BCUT2D eigenvalue weighted by Crippen LogP contribution is -2.23. The van der Waals surface area contributed by atoms with Crippen molar-refractivity contribution in [1.82, 2.24) is 4.90 Å². The highest BCUT2D eigenvalue weighted by molar-refractivity contribution is 5.24. The van der Waals surface area contributed by atoms with Gasteiger partial charge in [-0.1, -0.05) is 60.2 Å². The summed E-state index contributed by atoms with van der Waals surface area (Å²) in [7, 11) is 0. The van der Waals surface area contributed by atoms with Crippen LogP contribution >= 0.6 is 0 Å². The minimum atomic E-state index is 0.567. The zero-order valence-electron chi connectivity index (χ0n) is 12.7. The summed E-state index contributed by atoms with van der Waals surface area (Å²) < 4.78 is 0. The van der Waals surface area contributed by atoms with Crippen molar-refractivity contribution in [2.75, 3.05) is 19.6 Å². The third kappa shape index (κ3) is 3.34. The normalized spacial score (nSPS) is 22.6. The van der Waals surface area contributed by atoms with Gasteiger partial charge in [0.15, 0.2) is 0 Å². The molecular formula is C19H24N2. The molecule has 0 unspecified atom stereocenters. The van der Waals surface area contributed by atoms with Crippen molar-refractivity contribution in [3.05, 3.63) is 71.3 Å². The molecular weight excluding hydrogens is 256 g/mol. The van der Waals surface area contributed by atoms with Crippen LogP contribution in [-0.4, -0.2) is 24.5 Å². The second-order valence-electron chi connectivity index (χ2n) is 6.20. The van der Waals surface area contributed by atoms with Gasteiger partial charge < -0.3 is 5.73 Å². The van der Waals surface area contributed by atoms with Crippen molar-refractivity contribution in [1.29, 1.82) is 0 Å². The summed E-state index contributed by atoms with van der Waals surface area (Å²) in [5.74, 6) is 1.14. The first-order valence-corrected chi connectivity index (χ1v) is 7.79. The molecule has 0 amide bonds. The van der Waals surface area contributed by atoms with E-state index in [4.69, 9.17) is 5.73 Å². The Kier molecular flexibility index (Phi) is 4.37. The van der Waals surface area contributed by atoms with Gasteiger partial charge in [0, 0.05) is 25.6 Å².